The average molecular weight is 273 g/mol. The zero-order valence-electron chi connectivity index (χ0n) is 12.9. The highest BCUT2D eigenvalue weighted by atomic mass is 16.5. The van der Waals surface area contributed by atoms with Gasteiger partial charge in [-0.25, -0.2) is 4.68 Å². The van der Waals surface area contributed by atoms with Gasteiger partial charge >= 0.3 is 0 Å². The van der Waals surface area contributed by atoms with Gasteiger partial charge in [-0.1, -0.05) is 13.0 Å². The average Bonchev–Trinajstić information content (AvgIpc) is 2.71. The first-order chi connectivity index (χ1) is 9.58. The Balaban J connectivity index is 2.50. The molecule has 2 rings (SSSR count). The number of nitrogens with zero attached hydrogens (tertiary/aromatic N) is 2. The van der Waals surface area contributed by atoms with Gasteiger partial charge < -0.3 is 10.1 Å². The number of rotatable bonds is 5. The van der Waals surface area contributed by atoms with Crippen LogP contribution >= 0.6 is 0 Å². The Kier molecular flexibility index (Phi) is 4.45. The highest BCUT2D eigenvalue weighted by molar-refractivity contribution is 5.50. The van der Waals surface area contributed by atoms with Gasteiger partial charge in [-0.2, -0.15) is 5.10 Å². The SMILES string of the molecule is CCNCc1c(C)nn(-c2cc(C)ccc2OC)c1C. The van der Waals surface area contributed by atoms with E-state index in [2.05, 4.69) is 44.2 Å². The molecule has 4 nitrogen and oxygen atoms in total. The molecule has 0 spiro atoms. The van der Waals surface area contributed by atoms with Crippen LogP contribution in [0.1, 0.15) is 29.4 Å². The lowest BCUT2D eigenvalue weighted by atomic mass is 10.1. The van der Waals surface area contributed by atoms with Crippen molar-refractivity contribution in [2.24, 2.45) is 0 Å². The van der Waals surface area contributed by atoms with E-state index in [0.29, 0.717) is 0 Å². The van der Waals surface area contributed by atoms with Crippen LogP contribution in [0.3, 0.4) is 0 Å². The van der Waals surface area contributed by atoms with Gasteiger partial charge in [0, 0.05) is 17.8 Å². The highest BCUT2D eigenvalue weighted by Crippen LogP contribution is 2.26. The maximum absolute atomic E-state index is 5.46. The van der Waals surface area contributed by atoms with E-state index < -0.39 is 0 Å². The van der Waals surface area contributed by atoms with Crippen molar-refractivity contribution >= 4 is 0 Å². The molecular formula is C16H23N3O. The van der Waals surface area contributed by atoms with Gasteiger partial charge in [0.05, 0.1) is 12.8 Å². The highest BCUT2D eigenvalue weighted by Gasteiger charge is 2.15. The fraction of sp³-hybridized carbons (Fsp3) is 0.438. The normalized spacial score (nSPS) is 10.8. The molecule has 0 aliphatic carbocycles. The number of aryl methyl sites for hydroxylation is 2. The van der Waals surface area contributed by atoms with E-state index in [4.69, 9.17) is 4.74 Å². The van der Waals surface area contributed by atoms with Crippen molar-refractivity contribution in [3.8, 4) is 11.4 Å². The Morgan fingerprint density at radius 1 is 1.25 bits per heavy atom. The number of methoxy groups -OCH3 is 1. The zero-order chi connectivity index (χ0) is 14.7. The first-order valence-electron chi connectivity index (χ1n) is 6.99. The van der Waals surface area contributed by atoms with Crippen LogP contribution in [0.2, 0.25) is 0 Å². The topological polar surface area (TPSA) is 39.1 Å². The summed E-state index contributed by atoms with van der Waals surface area (Å²) in [5.74, 6) is 0.844. The third kappa shape index (κ3) is 2.70. The van der Waals surface area contributed by atoms with E-state index in [1.807, 2.05) is 16.8 Å². The summed E-state index contributed by atoms with van der Waals surface area (Å²) in [7, 11) is 1.69. The summed E-state index contributed by atoms with van der Waals surface area (Å²) in [6, 6.07) is 6.15. The summed E-state index contributed by atoms with van der Waals surface area (Å²) in [4.78, 5) is 0. The minimum absolute atomic E-state index is 0.844. The first-order valence-corrected chi connectivity index (χ1v) is 6.99. The molecule has 2 aromatic rings. The zero-order valence-corrected chi connectivity index (χ0v) is 12.9. The lowest BCUT2D eigenvalue weighted by Gasteiger charge is -2.11. The molecule has 108 valence electrons. The lowest BCUT2D eigenvalue weighted by molar-refractivity contribution is 0.411. The number of aromatic nitrogens is 2. The van der Waals surface area contributed by atoms with Crippen molar-refractivity contribution < 1.29 is 4.74 Å². The van der Waals surface area contributed by atoms with Crippen LogP contribution in [-0.4, -0.2) is 23.4 Å². The number of benzene rings is 1. The number of hydrogen-bond acceptors (Lipinski definition) is 3. The van der Waals surface area contributed by atoms with E-state index >= 15 is 0 Å². The van der Waals surface area contributed by atoms with E-state index in [1.54, 1.807) is 7.11 Å². The van der Waals surface area contributed by atoms with Gasteiger partial charge in [0.25, 0.3) is 0 Å². The fourth-order valence-electron chi connectivity index (χ4n) is 2.38. The molecule has 0 saturated carbocycles. The molecule has 0 fully saturated rings. The summed E-state index contributed by atoms with van der Waals surface area (Å²) < 4.78 is 7.44. The third-order valence-electron chi connectivity index (χ3n) is 3.56. The molecule has 1 aromatic heterocycles. The van der Waals surface area contributed by atoms with Gasteiger partial charge in [-0.05, 0) is 45.0 Å². The minimum Gasteiger partial charge on any atom is -0.494 e. The lowest BCUT2D eigenvalue weighted by Crippen LogP contribution is -2.13. The van der Waals surface area contributed by atoms with E-state index in [1.165, 1.54) is 11.1 Å². The molecule has 0 saturated heterocycles. The Morgan fingerprint density at radius 2 is 2.00 bits per heavy atom. The van der Waals surface area contributed by atoms with Gasteiger partial charge in [-0.15, -0.1) is 0 Å². The molecule has 1 N–H and O–H groups in total. The van der Waals surface area contributed by atoms with Crippen molar-refractivity contribution in [3.63, 3.8) is 0 Å². The molecule has 0 bridgehead atoms. The molecule has 4 heteroatoms. The van der Waals surface area contributed by atoms with Crippen LogP contribution in [0.25, 0.3) is 5.69 Å². The van der Waals surface area contributed by atoms with Crippen LogP contribution in [0.5, 0.6) is 5.75 Å². The van der Waals surface area contributed by atoms with Crippen molar-refractivity contribution in [3.05, 3.63) is 40.7 Å². The molecule has 0 aliphatic rings. The van der Waals surface area contributed by atoms with Crippen molar-refractivity contribution in [1.82, 2.24) is 15.1 Å². The number of nitrogens with one attached hydrogen (secondary N) is 1. The maximum Gasteiger partial charge on any atom is 0.144 e. The Labute approximate surface area is 120 Å². The summed E-state index contributed by atoms with van der Waals surface area (Å²) in [5, 5.41) is 8.05. The van der Waals surface area contributed by atoms with Crippen LogP contribution in [0, 0.1) is 20.8 Å². The van der Waals surface area contributed by atoms with E-state index in [0.717, 1.165) is 35.9 Å². The number of ether oxygens (including phenoxy) is 1. The van der Waals surface area contributed by atoms with E-state index in [-0.39, 0.29) is 0 Å². The molecule has 0 unspecified atom stereocenters. The molecule has 0 amide bonds. The molecule has 20 heavy (non-hydrogen) atoms. The van der Waals surface area contributed by atoms with Crippen LogP contribution in [0.15, 0.2) is 18.2 Å². The van der Waals surface area contributed by atoms with Gasteiger partial charge in [-0.3, -0.25) is 0 Å². The standard InChI is InChI=1S/C16H23N3O/c1-6-17-10-14-12(3)18-19(13(14)4)15-9-11(2)7-8-16(15)20-5/h7-9,17H,6,10H2,1-5H3. The van der Waals surface area contributed by atoms with Crippen molar-refractivity contribution in [2.45, 2.75) is 34.2 Å². The van der Waals surface area contributed by atoms with Gasteiger partial charge in [0.2, 0.25) is 0 Å². The molecule has 0 atom stereocenters. The van der Waals surface area contributed by atoms with Gasteiger partial charge in [0.15, 0.2) is 0 Å². The molecule has 1 heterocycles. The van der Waals surface area contributed by atoms with Crippen LogP contribution in [0.4, 0.5) is 0 Å². The summed E-state index contributed by atoms with van der Waals surface area (Å²) in [6.07, 6.45) is 0. The smallest absolute Gasteiger partial charge is 0.144 e. The molecule has 0 radical (unpaired) electrons. The fourth-order valence-corrected chi connectivity index (χ4v) is 2.38. The monoisotopic (exact) mass is 273 g/mol. The Morgan fingerprint density at radius 3 is 2.65 bits per heavy atom. The quantitative estimate of drug-likeness (QED) is 0.910. The van der Waals surface area contributed by atoms with Crippen LogP contribution in [-0.2, 0) is 6.54 Å². The summed E-state index contributed by atoms with van der Waals surface area (Å²) in [5.41, 5.74) is 5.67. The van der Waals surface area contributed by atoms with Crippen molar-refractivity contribution in [2.75, 3.05) is 13.7 Å². The van der Waals surface area contributed by atoms with Gasteiger partial charge in [0.1, 0.15) is 11.4 Å². The van der Waals surface area contributed by atoms with E-state index in [9.17, 15) is 0 Å². The third-order valence-corrected chi connectivity index (χ3v) is 3.56. The second kappa shape index (κ2) is 6.09. The second-order valence-corrected chi connectivity index (χ2v) is 5.02. The predicted octanol–water partition coefficient (Wildman–Crippen LogP) is 2.92. The van der Waals surface area contributed by atoms with Crippen molar-refractivity contribution in [1.29, 1.82) is 0 Å². The molecular weight excluding hydrogens is 250 g/mol. The predicted molar refractivity (Wildman–Crippen MR) is 81.7 cm³/mol. The minimum atomic E-state index is 0.844. The molecule has 1 aromatic carbocycles. The molecule has 0 aliphatic heterocycles. The summed E-state index contributed by atoms with van der Waals surface area (Å²) in [6.45, 7) is 10.2. The summed E-state index contributed by atoms with van der Waals surface area (Å²) >= 11 is 0. The number of hydrogen-bond donors (Lipinski definition) is 1. The Hall–Kier alpha value is -1.81. The first kappa shape index (κ1) is 14.6. The maximum atomic E-state index is 5.46. The largest absolute Gasteiger partial charge is 0.494 e. The second-order valence-electron chi connectivity index (χ2n) is 5.02. The van der Waals surface area contributed by atoms with Crippen LogP contribution < -0.4 is 10.1 Å². The Bertz CT molecular complexity index is 602.